The summed E-state index contributed by atoms with van der Waals surface area (Å²) in [6.07, 6.45) is -0.219. The summed E-state index contributed by atoms with van der Waals surface area (Å²) in [6.45, 7) is 0.566. The smallest absolute Gasteiger partial charge is 0.339 e. The van der Waals surface area contributed by atoms with Crippen LogP contribution in [0.5, 0.6) is 5.75 Å². The maximum atomic E-state index is 11.3. The Hall–Kier alpha value is -2.20. The van der Waals surface area contributed by atoms with Crippen LogP contribution < -0.4 is 10.1 Å². The SMILES string of the molecule is O=C(O)c1cc(Cl)cc2c1OC(c1ccccc1)CN2. The Bertz CT molecular complexity index is 658. The number of carbonyl (C=O) groups is 1. The third kappa shape index (κ3) is 2.30. The molecule has 1 aliphatic heterocycles. The third-order valence-corrected chi connectivity index (χ3v) is 3.41. The molecule has 0 spiro atoms. The van der Waals surface area contributed by atoms with E-state index in [-0.39, 0.29) is 11.7 Å². The summed E-state index contributed by atoms with van der Waals surface area (Å²) in [6, 6.07) is 12.8. The van der Waals surface area contributed by atoms with E-state index in [1.165, 1.54) is 6.07 Å². The molecule has 2 aromatic rings. The molecule has 0 amide bonds. The zero-order valence-electron chi connectivity index (χ0n) is 10.5. The van der Waals surface area contributed by atoms with E-state index >= 15 is 0 Å². The molecule has 0 bridgehead atoms. The Kier molecular flexibility index (Phi) is 3.24. The van der Waals surface area contributed by atoms with Gasteiger partial charge in [-0.3, -0.25) is 0 Å². The van der Waals surface area contributed by atoms with E-state index in [0.717, 1.165) is 5.56 Å². The van der Waals surface area contributed by atoms with Gasteiger partial charge in [0.05, 0.1) is 12.2 Å². The van der Waals surface area contributed by atoms with Crippen molar-refractivity contribution in [2.45, 2.75) is 6.10 Å². The second-order valence-electron chi connectivity index (χ2n) is 4.53. The number of carboxylic acid groups (broad SMARTS) is 1. The van der Waals surface area contributed by atoms with Crippen LogP contribution in [-0.2, 0) is 0 Å². The topological polar surface area (TPSA) is 58.6 Å². The second kappa shape index (κ2) is 5.06. The fourth-order valence-corrected chi connectivity index (χ4v) is 2.47. The first-order chi connectivity index (χ1) is 9.65. The lowest BCUT2D eigenvalue weighted by atomic mass is 10.1. The van der Waals surface area contributed by atoms with Gasteiger partial charge in [0, 0.05) is 5.02 Å². The minimum absolute atomic E-state index is 0.0700. The van der Waals surface area contributed by atoms with Crippen LogP contribution >= 0.6 is 11.6 Å². The van der Waals surface area contributed by atoms with Crippen molar-refractivity contribution in [2.75, 3.05) is 11.9 Å². The number of rotatable bonds is 2. The highest BCUT2D eigenvalue weighted by Gasteiger charge is 2.26. The van der Waals surface area contributed by atoms with E-state index in [1.807, 2.05) is 30.3 Å². The summed E-state index contributed by atoms with van der Waals surface area (Å²) in [4.78, 5) is 11.3. The first-order valence-corrected chi connectivity index (χ1v) is 6.55. The first-order valence-electron chi connectivity index (χ1n) is 6.17. The van der Waals surface area contributed by atoms with Gasteiger partial charge < -0.3 is 15.2 Å². The first kappa shape index (κ1) is 12.8. The molecule has 0 fully saturated rings. The molecular formula is C15H12ClNO3. The third-order valence-electron chi connectivity index (χ3n) is 3.19. The van der Waals surface area contributed by atoms with Crippen molar-refractivity contribution < 1.29 is 14.6 Å². The number of aromatic carboxylic acids is 1. The minimum atomic E-state index is -1.06. The van der Waals surface area contributed by atoms with E-state index < -0.39 is 5.97 Å². The largest absolute Gasteiger partial charge is 0.481 e. The van der Waals surface area contributed by atoms with Crippen LogP contribution in [0.2, 0.25) is 5.02 Å². The number of carboxylic acids is 1. The summed E-state index contributed by atoms with van der Waals surface area (Å²) in [7, 11) is 0. The quantitative estimate of drug-likeness (QED) is 0.887. The summed E-state index contributed by atoms with van der Waals surface area (Å²) >= 11 is 5.92. The normalized spacial score (nSPS) is 16.8. The Morgan fingerprint density at radius 2 is 2.05 bits per heavy atom. The summed E-state index contributed by atoms with van der Waals surface area (Å²) in [5.41, 5.74) is 1.68. The molecule has 2 aromatic carbocycles. The van der Waals surface area contributed by atoms with Gasteiger partial charge in [0.15, 0.2) is 5.75 Å². The zero-order chi connectivity index (χ0) is 14.1. The number of benzene rings is 2. The van der Waals surface area contributed by atoms with Gasteiger partial charge in [0.1, 0.15) is 11.7 Å². The van der Waals surface area contributed by atoms with Crippen molar-refractivity contribution >= 4 is 23.3 Å². The average Bonchev–Trinajstić information content (AvgIpc) is 2.46. The Morgan fingerprint density at radius 1 is 1.30 bits per heavy atom. The van der Waals surface area contributed by atoms with Gasteiger partial charge in [-0.25, -0.2) is 4.79 Å². The number of ether oxygens (including phenoxy) is 1. The van der Waals surface area contributed by atoms with Crippen LogP contribution in [0.25, 0.3) is 0 Å². The molecule has 1 unspecified atom stereocenters. The van der Waals surface area contributed by atoms with Crippen molar-refractivity contribution in [1.82, 2.24) is 0 Å². The predicted molar refractivity (Wildman–Crippen MR) is 76.7 cm³/mol. The van der Waals surface area contributed by atoms with Crippen molar-refractivity contribution in [3.63, 3.8) is 0 Å². The summed E-state index contributed by atoms with van der Waals surface area (Å²) in [5.74, 6) is -0.721. The molecule has 0 aromatic heterocycles. The molecule has 2 N–H and O–H groups in total. The average molecular weight is 290 g/mol. The van der Waals surface area contributed by atoms with E-state index in [2.05, 4.69) is 5.32 Å². The van der Waals surface area contributed by atoms with Crippen LogP contribution in [0, 0.1) is 0 Å². The lowest BCUT2D eigenvalue weighted by Gasteiger charge is -2.28. The molecule has 20 heavy (non-hydrogen) atoms. The Morgan fingerprint density at radius 3 is 2.75 bits per heavy atom. The number of nitrogens with one attached hydrogen (secondary N) is 1. The maximum absolute atomic E-state index is 11.3. The number of halogens is 1. The lowest BCUT2D eigenvalue weighted by molar-refractivity contribution is 0.0688. The van der Waals surface area contributed by atoms with E-state index in [4.69, 9.17) is 16.3 Å². The zero-order valence-corrected chi connectivity index (χ0v) is 11.2. The molecule has 0 radical (unpaired) electrons. The van der Waals surface area contributed by atoms with Crippen LogP contribution in [-0.4, -0.2) is 17.6 Å². The standard InChI is InChI=1S/C15H12ClNO3/c16-10-6-11(15(18)19)14-12(7-10)17-8-13(20-14)9-4-2-1-3-5-9/h1-7,13,17H,8H2,(H,18,19). The number of anilines is 1. The van der Waals surface area contributed by atoms with E-state index in [0.29, 0.717) is 23.0 Å². The molecule has 5 heteroatoms. The van der Waals surface area contributed by atoms with Crippen LogP contribution in [0.4, 0.5) is 5.69 Å². The fraction of sp³-hybridized carbons (Fsp3) is 0.133. The Labute approximate surface area is 120 Å². The molecule has 0 saturated carbocycles. The Balaban J connectivity index is 2.00. The van der Waals surface area contributed by atoms with Crippen LogP contribution in [0.15, 0.2) is 42.5 Å². The highest BCUT2D eigenvalue weighted by Crippen LogP contribution is 2.39. The van der Waals surface area contributed by atoms with Gasteiger partial charge in [0.25, 0.3) is 0 Å². The van der Waals surface area contributed by atoms with Crippen LogP contribution in [0.1, 0.15) is 22.0 Å². The van der Waals surface area contributed by atoms with Crippen LogP contribution in [0.3, 0.4) is 0 Å². The summed E-state index contributed by atoms with van der Waals surface area (Å²) < 4.78 is 5.86. The fourth-order valence-electron chi connectivity index (χ4n) is 2.25. The summed E-state index contributed by atoms with van der Waals surface area (Å²) in [5, 5.41) is 12.8. The van der Waals surface area contributed by atoms with Crippen molar-refractivity contribution in [1.29, 1.82) is 0 Å². The molecule has 102 valence electrons. The molecule has 1 aliphatic rings. The lowest BCUT2D eigenvalue weighted by Crippen LogP contribution is -2.25. The van der Waals surface area contributed by atoms with Gasteiger partial charge in [0.2, 0.25) is 0 Å². The number of hydrogen-bond acceptors (Lipinski definition) is 3. The molecule has 0 aliphatic carbocycles. The number of hydrogen-bond donors (Lipinski definition) is 2. The van der Waals surface area contributed by atoms with Crippen molar-refractivity contribution in [3.8, 4) is 5.75 Å². The molecule has 1 atom stereocenters. The minimum Gasteiger partial charge on any atom is -0.481 e. The van der Waals surface area contributed by atoms with Gasteiger partial charge in [-0.05, 0) is 17.7 Å². The van der Waals surface area contributed by atoms with Crippen molar-refractivity contribution in [3.05, 3.63) is 58.6 Å². The highest BCUT2D eigenvalue weighted by molar-refractivity contribution is 6.31. The van der Waals surface area contributed by atoms with Gasteiger partial charge in [-0.1, -0.05) is 41.9 Å². The monoisotopic (exact) mass is 289 g/mol. The molecule has 0 saturated heterocycles. The number of fused-ring (bicyclic) bond motifs is 1. The predicted octanol–water partition coefficient (Wildman–Crippen LogP) is 3.58. The maximum Gasteiger partial charge on any atom is 0.339 e. The molecular weight excluding hydrogens is 278 g/mol. The molecule has 3 rings (SSSR count). The van der Waals surface area contributed by atoms with Gasteiger partial charge in [-0.15, -0.1) is 0 Å². The highest BCUT2D eigenvalue weighted by atomic mass is 35.5. The molecule has 1 heterocycles. The van der Waals surface area contributed by atoms with Crippen molar-refractivity contribution in [2.24, 2.45) is 0 Å². The second-order valence-corrected chi connectivity index (χ2v) is 4.97. The van der Waals surface area contributed by atoms with E-state index in [9.17, 15) is 9.90 Å². The van der Waals surface area contributed by atoms with Gasteiger partial charge in [-0.2, -0.15) is 0 Å². The van der Waals surface area contributed by atoms with E-state index in [1.54, 1.807) is 6.07 Å². The van der Waals surface area contributed by atoms with Gasteiger partial charge >= 0.3 is 5.97 Å². The molecule has 4 nitrogen and oxygen atoms in total.